The highest BCUT2D eigenvalue weighted by molar-refractivity contribution is 7.89. The first kappa shape index (κ1) is 21.9. The normalized spacial score (nSPS) is 14.9. The van der Waals surface area contributed by atoms with Gasteiger partial charge >= 0.3 is 5.97 Å². The minimum absolute atomic E-state index is 0.0901. The van der Waals surface area contributed by atoms with Gasteiger partial charge in [-0.2, -0.15) is 4.31 Å². The first-order valence-corrected chi connectivity index (χ1v) is 10.5. The molecule has 8 nitrogen and oxygen atoms in total. The molecule has 0 saturated carbocycles. The molecule has 30 heavy (non-hydrogen) atoms. The van der Waals surface area contributed by atoms with E-state index in [0.29, 0.717) is 11.3 Å². The maximum atomic E-state index is 14.2. The molecule has 0 unspecified atom stereocenters. The van der Waals surface area contributed by atoms with E-state index < -0.39 is 39.1 Å². The summed E-state index contributed by atoms with van der Waals surface area (Å²) >= 11 is 0. The Balaban J connectivity index is 1.71. The third-order valence-corrected chi connectivity index (χ3v) is 6.41. The Bertz CT molecular complexity index is 1030. The largest absolute Gasteiger partial charge is 0.497 e. The molecule has 1 heterocycles. The molecule has 1 fully saturated rings. The Morgan fingerprint density at radius 3 is 2.33 bits per heavy atom. The van der Waals surface area contributed by atoms with Crippen molar-refractivity contribution in [2.75, 3.05) is 40.0 Å². The standard InChI is InChI=1S/C20H20FNO7S/c1-27-16-5-2-14(3-6-16)18(23)13-29-20(24)15-4-7-17(21)19(12-15)30(25,26)22-8-10-28-11-9-22/h2-7,12H,8-11,13H2,1H3. The van der Waals surface area contributed by atoms with E-state index >= 15 is 0 Å². The van der Waals surface area contributed by atoms with Crippen molar-refractivity contribution in [3.63, 3.8) is 0 Å². The number of esters is 1. The quantitative estimate of drug-likeness (QED) is 0.482. The molecule has 1 aliphatic rings. The van der Waals surface area contributed by atoms with E-state index in [1.54, 1.807) is 12.1 Å². The summed E-state index contributed by atoms with van der Waals surface area (Å²) in [6.07, 6.45) is 0. The van der Waals surface area contributed by atoms with Crippen LogP contribution in [-0.2, 0) is 19.5 Å². The smallest absolute Gasteiger partial charge is 0.338 e. The summed E-state index contributed by atoms with van der Waals surface area (Å²) in [7, 11) is -2.64. The summed E-state index contributed by atoms with van der Waals surface area (Å²) in [4.78, 5) is 23.9. The minimum atomic E-state index is -4.14. The number of benzene rings is 2. The lowest BCUT2D eigenvalue weighted by atomic mass is 10.1. The number of carbonyl (C=O) groups is 2. The Hall–Kier alpha value is -2.82. The van der Waals surface area contributed by atoms with Gasteiger partial charge in [-0.05, 0) is 42.5 Å². The summed E-state index contributed by atoms with van der Waals surface area (Å²) in [5.74, 6) is -1.79. The highest BCUT2D eigenvalue weighted by Gasteiger charge is 2.30. The first-order chi connectivity index (χ1) is 14.3. The fourth-order valence-electron chi connectivity index (χ4n) is 2.83. The van der Waals surface area contributed by atoms with Gasteiger partial charge < -0.3 is 14.2 Å². The number of Topliss-reactive ketones (excluding diaryl/α,β-unsaturated/α-hetero) is 1. The molecule has 0 atom stereocenters. The summed E-state index contributed by atoms with van der Waals surface area (Å²) in [5.41, 5.74) is 0.143. The lowest BCUT2D eigenvalue weighted by molar-refractivity contribution is 0.0474. The number of ketones is 1. The van der Waals surface area contributed by atoms with Crippen molar-refractivity contribution in [3.8, 4) is 5.75 Å². The van der Waals surface area contributed by atoms with Crippen molar-refractivity contribution < 1.29 is 36.6 Å². The molecule has 1 saturated heterocycles. The number of rotatable bonds is 7. The number of morpholine rings is 1. The lowest BCUT2D eigenvalue weighted by Crippen LogP contribution is -2.41. The van der Waals surface area contributed by atoms with Gasteiger partial charge in [-0.3, -0.25) is 4.79 Å². The molecular weight excluding hydrogens is 417 g/mol. The van der Waals surface area contributed by atoms with E-state index in [0.717, 1.165) is 22.5 Å². The minimum Gasteiger partial charge on any atom is -0.497 e. The molecule has 160 valence electrons. The van der Waals surface area contributed by atoms with Crippen LogP contribution in [0.1, 0.15) is 20.7 Å². The van der Waals surface area contributed by atoms with E-state index in [4.69, 9.17) is 14.2 Å². The monoisotopic (exact) mass is 437 g/mol. The molecule has 1 aliphatic heterocycles. The Labute approximate surface area is 173 Å². The van der Waals surface area contributed by atoms with E-state index in [1.165, 1.54) is 19.2 Å². The van der Waals surface area contributed by atoms with Crippen LogP contribution in [0.4, 0.5) is 4.39 Å². The van der Waals surface area contributed by atoms with Crippen molar-refractivity contribution in [3.05, 3.63) is 59.4 Å². The fraction of sp³-hybridized carbons (Fsp3) is 0.300. The third kappa shape index (κ3) is 4.84. The zero-order valence-electron chi connectivity index (χ0n) is 16.2. The van der Waals surface area contributed by atoms with Crippen molar-refractivity contribution in [1.29, 1.82) is 0 Å². The van der Waals surface area contributed by atoms with E-state index in [2.05, 4.69) is 0 Å². The second-order valence-electron chi connectivity index (χ2n) is 6.39. The van der Waals surface area contributed by atoms with E-state index in [1.807, 2.05) is 0 Å². The Morgan fingerprint density at radius 1 is 1.07 bits per heavy atom. The van der Waals surface area contributed by atoms with Gasteiger partial charge in [-0.1, -0.05) is 0 Å². The molecule has 10 heteroatoms. The van der Waals surface area contributed by atoms with E-state index in [-0.39, 0.29) is 31.9 Å². The predicted molar refractivity (Wildman–Crippen MR) is 104 cm³/mol. The van der Waals surface area contributed by atoms with Gasteiger partial charge in [0, 0.05) is 18.7 Å². The van der Waals surface area contributed by atoms with Gasteiger partial charge in [0.2, 0.25) is 10.0 Å². The molecule has 3 rings (SSSR count). The van der Waals surface area contributed by atoms with Crippen LogP contribution in [0.5, 0.6) is 5.75 Å². The van der Waals surface area contributed by atoms with Crippen LogP contribution in [0.2, 0.25) is 0 Å². The lowest BCUT2D eigenvalue weighted by Gasteiger charge is -2.26. The molecule has 0 amide bonds. The van der Waals surface area contributed by atoms with Crippen molar-refractivity contribution in [2.24, 2.45) is 0 Å². The summed E-state index contributed by atoms with van der Waals surface area (Å²) in [6.45, 7) is 0.0415. The second-order valence-corrected chi connectivity index (χ2v) is 8.30. The second kappa shape index (κ2) is 9.33. The molecule has 0 aliphatic carbocycles. The van der Waals surface area contributed by atoms with Crippen molar-refractivity contribution in [1.82, 2.24) is 4.31 Å². The van der Waals surface area contributed by atoms with Crippen LogP contribution in [0, 0.1) is 5.82 Å². The van der Waals surface area contributed by atoms with Crippen LogP contribution >= 0.6 is 0 Å². The van der Waals surface area contributed by atoms with Crippen LogP contribution in [0.3, 0.4) is 0 Å². The van der Waals surface area contributed by atoms with Crippen molar-refractivity contribution in [2.45, 2.75) is 4.90 Å². The number of nitrogens with zero attached hydrogens (tertiary/aromatic N) is 1. The molecule has 0 spiro atoms. The van der Waals surface area contributed by atoms with Gasteiger partial charge in [-0.15, -0.1) is 0 Å². The molecule has 0 radical (unpaired) electrons. The van der Waals surface area contributed by atoms with E-state index in [9.17, 15) is 22.4 Å². The van der Waals surface area contributed by atoms with Crippen LogP contribution < -0.4 is 4.74 Å². The summed E-state index contributed by atoms with van der Waals surface area (Å²) in [5, 5.41) is 0. The van der Waals surface area contributed by atoms with Crippen LogP contribution in [0.15, 0.2) is 47.4 Å². The Kier molecular flexibility index (Phi) is 6.80. The van der Waals surface area contributed by atoms with Gasteiger partial charge in [0.05, 0.1) is 25.9 Å². The van der Waals surface area contributed by atoms with Gasteiger partial charge in [0.1, 0.15) is 16.5 Å². The number of hydrogen-bond acceptors (Lipinski definition) is 7. The molecule has 0 aromatic heterocycles. The van der Waals surface area contributed by atoms with Gasteiger partial charge in [0.25, 0.3) is 0 Å². The third-order valence-electron chi connectivity index (χ3n) is 4.50. The summed E-state index contributed by atoms with van der Waals surface area (Å²) in [6, 6.07) is 9.15. The highest BCUT2D eigenvalue weighted by Crippen LogP contribution is 2.22. The summed E-state index contributed by atoms with van der Waals surface area (Å²) < 4.78 is 55.8. The number of halogens is 1. The zero-order valence-corrected chi connectivity index (χ0v) is 17.0. The number of methoxy groups -OCH3 is 1. The molecular formula is C20H20FNO7S. The average molecular weight is 437 g/mol. The van der Waals surface area contributed by atoms with Gasteiger partial charge in [-0.25, -0.2) is 17.6 Å². The maximum absolute atomic E-state index is 14.2. The van der Waals surface area contributed by atoms with Crippen LogP contribution in [0.25, 0.3) is 0 Å². The maximum Gasteiger partial charge on any atom is 0.338 e. The van der Waals surface area contributed by atoms with Crippen molar-refractivity contribution >= 4 is 21.8 Å². The number of ether oxygens (including phenoxy) is 3. The average Bonchev–Trinajstić information content (AvgIpc) is 2.78. The Morgan fingerprint density at radius 2 is 1.70 bits per heavy atom. The highest BCUT2D eigenvalue weighted by atomic mass is 32.2. The molecule has 2 aromatic carbocycles. The SMILES string of the molecule is COc1ccc(C(=O)COC(=O)c2ccc(F)c(S(=O)(=O)N3CCOCC3)c2)cc1. The predicted octanol–water partition coefficient (Wildman–Crippen LogP) is 1.89. The molecule has 2 aromatic rings. The molecule has 0 N–H and O–H groups in total. The number of hydrogen-bond donors (Lipinski definition) is 0. The number of carbonyl (C=O) groups excluding carboxylic acids is 2. The van der Waals surface area contributed by atoms with Crippen LogP contribution in [-0.4, -0.2) is 64.5 Å². The molecule has 0 bridgehead atoms. The number of sulfonamides is 1. The zero-order chi connectivity index (χ0) is 21.7. The fourth-order valence-corrected chi connectivity index (χ4v) is 4.33. The topological polar surface area (TPSA) is 99.2 Å². The van der Waals surface area contributed by atoms with Gasteiger partial charge in [0.15, 0.2) is 12.4 Å². The first-order valence-electron chi connectivity index (χ1n) is 9.05.